The van der Waals surface area contributed by atoms with Crippen molar-refractivity contribution < 1.29 is 8.42 Å². The molecular formula is C16H15N3O2S. The Bertz CT molecular complexity index is 887. The van der Waals surface area contributed by atoms with Crippen LogP contribution >= 0.6 is 0 Å². The molecule has 0 spiro atoms. The topological polar surface area (TPSA) is 64.8 Å². The third-order valence-electron chi connectivity index (χ3n) is 3.30. The van der Waals surface area contributed by atoms with Gasteiger partial charge in [-0.05, 0) is 23.8 Å². The summed E-state index contributed by atoms with van der Waals surface area (Å²) >= 11 is 0. The van der Waals surface area contributed by atoms with Crippen LogP contribution < -0.4 is 0 Å². The van der Waals surface area contributed by atoms with E-state index in [9.17, 15) is 8.42 Å². The van der Waals surface area contributed by atoms with E-state index in [4.69, 9.17) is 0 Å². The average Bonchev–Trinajstić information content (AvgIpc) is 2.96. The quantitative estimate of drug-likeness (QED) is 0.742. The Hall–Kier alpha value is -2.47. The molecule has 22 heavy (non-hydrogen) atoms. The van der Waals surface area contributed by atoms with Gasteiger partial charge in [-0.25, -0.2) is 8.42 Å². The van der Waals surface area contributed by atoms with Crippen LogP contribution in [0.15, 0.2) is 66.1 Å². The van der Waals surface area contributed by atoms with Crippen molar-refractivity contribution in [2.75, 3.05) is 6.26 Å². The van der Waals surface area contributed by atoms with Gasteiger partial charge in [0, 0.05) is 36.0 Å². The van der Waals surface area contributed by atoms with Gasteiger partial charge in [0.2, 0.25) is 0 Å². The first-order chi connectivity index (χ1) is 10.5. The molecule has 0 radical (unpaired) electrons. The Morgan fingerprint density at radius 1 is 1.09 bits per heavy atom. The lowest BCUT2D eigenvalue weighted by atomic mass is 10.2. The fraction of sp³-hybridized carbons (Fsp3) is 0.125. The molecule has 1 aromatic carbocycles. The smallest absolute Gasteiger partial charge is 0.175 e. The molecule has 5 nitrogen and oxygen atoms in total. The van der Waals surface area contributed by atoms with Crippen LogP contribution in [0.2, 0.25) is 0 Å². The minimum Gasteiger partial charge on any atom is -0.268 e. The number of hydrogen-bond acceptors (Lipinski definition) is 4. The van der Waals surface area contributed by atoms with Crippen molar-refractivity contribution in [3.63, 3.8) is 0 Å². The van der Waals surface area contributed by atoms with Gasteiger partial charge in [0.15, 0.2) is 9.84 Å². The number of rotatable bonds is 4. The standard InChI is InChI=1S/C16H15N3O2S/c1-22(20,21)16-6-2-4-13(8-16)11-19-12-15(10-18-19)14-5-3-7-17-9-14/h2-10,12H,11H2,1H3. The molecule has 0 atom stereocenters. The molecule has 2 heterocycles. The second-order valence-electron chi connectivity index (χ2n) is 5.09. The van der Waals surface area contributed by atoms with E-state index in [0.29, 0.717) is 11.4 Å². The van der Waals surface area contributed by atoms with Gasteiger partial charge in [0.25, 0.3) is 0 Å². The molecule has 0 aliphatic heterocycles. The zero-order valence-corrected chi connectivity index (χ0v) is 12.9. The molecule has 0 fully saturated rings. The van der Waals surface area contributed by atoms with Crippen LogP contribution in [-0.4, -0.2) is 29.4 Å². The number of hydrogen-bond donors (Lipinski definition) is 0. The second-order valence-corrected chi connectivity index (χ2v) is 7.10. The predicted molar refractivity (Wildman–Crippen MR) is 84.1 cm³/mol. The van der Waals surface area contributed by atoms with Crippen molar-refractivity contribution in [3.8, 4) is 11.1 Å². The van der Waals surface area contributed by atoms with E-state index in [-0.39, 0.29) is 0 Å². The fourth-order valence-electron chi connectivity index (χ4n) is 2.19. The monoisotopic (exact) mass is 313 g/mol. The molecule has 112 valence electrons. The third-order valence-corrected chi connectivity index (χ3v) is 4.41. The van der Waals surface area contributed by atoms with Gasteiger partial charge in [-0.2, -0.15) is 5.10 Å². The van der Waals surface area contributed by atoms with E-state index in [1.54, 1.807) is 41.5 Å². The first-order valence-electron chi connectivity index (χ1n) is 6.74. The summed E-state index contributed by atoms with van der Waals surface area (Å²) in [5.74, 6) is 0. The lowest BCUT2D eigenvalue weighted by Gasteiger charge is -2.04. The maximum absolute atomic E-state index is 11.6. The predicted octanol–water partition coefficient (Wildman–Crippen LogP) is 2.40. The molecule has 0 saturated carbocycles. The fourth-order valence-corrected chi connectivity index (χ4v) is 2.89. The third kappa shape index (κ3) is 3.23. The zero-order valence-electron chi connectivity index (χ0n) is 12.0. The van der Waals surface area contributed by atoms with Crippen molar-refractivity contribution in [2.45, 2.75) is 11.4 Å². The van der Waals surface area contributed by atoms with Crippen LogP contribution in [0.25, 0.3) is 11.1 Å². The summed E-state index contributed by atoms with van der Waals surface area (Å²) in [5.41, 5.74) is 2.87. The minimum absolute atomic E-state index is 0.324. The minimum atomic E-state index is -3.19. The van der Waals surface area contributed by atoms with Crippen molar-refractivity contribution in [1.82, 2.24) is 14.8 Å². The van der Waals surface area contributed by atoms with Crippen LogP contribution in [-0.2, 0) is 16.4 Å². The van der Waals surface area contributed by atoms with Gasteiger partial charge < -0.3 is 0 Å². The highest BCUT2D eigenvalue weighted by Crippen LogP contribution is 2.18. The van der Waals surface area contributed by atoms with Crippen molar-refractivity contribution in [3.05, 3.63) is 66.7 Å². The molecule has 0 amide bonds. The van der Waals surface area contributed by atoms with Crippen LogP contribution in [0.5, 0.6) is 0 Å². The summed E-state index contributed by atoms with van der Waals surface area (Å²) in [6.45, 7) is 0.517. The van der Waals surface area contributed by atoms with Crippen molar-refractivity contribution in [2.24, 2.45) is 0 Å². The lowest BCUT2D eigenvalue weighted by Crippen LogP contribution is -2.02. The molecule has 6 heteroatoms. The van der Waals surface area contributed by atoms with E-state index in [2.05, 4.69) is 10.1 Å². The number of nitrogens with zero attached hydrogens (tertiary/aromatic N) is 3. The Morgan fingerprint density at radius 2 is 1.95 bits per heavy atom. The Balaban J connectivity index is 1.84. The molecule has 0 unspecified atom stereocenters. The molecule has 2 aromatic heterocycles. The second kappa shape index (κ2) is 5.73. The van der Waals surface area contributed by atoms with Gasteiger partial charge in [-0.15, -0.1) is 0 Å². The molecule has 0 aliphatic rings. The van der Waals surface area contributed by atoms with Crippen LogP contribution in [0.4, 0.5) is 0 Å². The van der Waals surface area contributed by atoms with E-state index in [0.717, 1.165) is 16.7 Å². The maximum Gasteiger partial charge on any atom is 0.175 e. The summed E-state index contributed by atoms with van der Waals surface area (Å²) < 4.78 is 25.0. The Kier molecular flexibility index (Phi) is 3.77. The van der Waals surface area contributed by atoms with Crippen LogP contribution in [0.3, 0.4) is 0 Å². The number of aromatic nitrogens is 3. The molecule has 0 aliphatic carbocycles. The molecule has 3 aromatic rings. The molecule has 0 N–H and O–H groups in total. The van der Waals surface area contributed by atoms with Crippen molar-refractivity contribution >= 4 is 9.84 Å². The number of pyridine rings is 1. The SMILES string of the molecule is CS(=O)(=O)c1cccc(Cn2cc(-c3cccnc3)cn2)c1. The number of benzene rings is 1. The van der Waals surface area contributed by atoms with Gasteiger partial charge in [0.05, 0.1) is 17.6 Å². The van der Waals surface area contributed by atoms with E-state index in [1.165, 1.54) is 6.26 Å². The van der Waals surface area contributed by atoms with Crippen molar-refractivity contribution in [1.29, 1.82) is 0 Å². The summed E-state index contributed by atoms with van der Waals surface area (Å²) in [7, 11) is -3.19. The first kappa shape index (κ1) is 14.5. The van der Waals surface area contributed by atoms with Gasteiger partial charge in [0.1, 0.15) is 0 Å². The van der Waals surface area contributed by atoms with Crippen LogP contribution in [0, 0.1) is 0 Å². The highest BCUT2D eigenvalue weighted by molar-refractivity contribution is 7.90. The molecule has 0 saturated heterocycles. The van der Waals surface area contributed by atoms with E-state index >= 15 is 0 Å². The van der Waals surface area contributed by atoms with Gasteiger partial charge in [-0.1, -0.05) is 18.2 Å². The van der Waals surface area contributed by atoms with Gasteiger partial charge in [-0.3, -0.25) is 9.67 Å². The maximum atomic E-state index is 11.6. The average molecular weight is 313 g/mol. The largest absolute Gasteiger partial charge is 0.268 e. The first-order valence-corrected chi connectivity index (χ1v) is 8.63. The molecular weight excluding hydrogens is 298 g/mol. The zero-order chi connectivity index (χ0) is 15.6. The van der Waals surface area contributed by atoms with E-state index < -0.39 is 9.84 Å². The highest BCUT2D eigenvalue weighted by atomic mass is 32.2. The summed E-state index contributed by atoms with van der Waals surface area (Å²) in [6.07, 6.45) is 8.42. The van der Waals surface area contributed by atoms with E-state index in [1.807, 2.05) is 24.4 Å². The van der Waals surface area contributed by atoms with Gasteiger partial charge >= 0.3 is 0 Å². The number of sulfone groups is 1. The molecule has 0 bridgehead atoms. The van der Waals surface area contributed by atoms with Crippen LogP contribution in [0.1, 0.15) is 5.56 Å². The summed E-state index contributed by atoms with van der Waals surface area (Å²) in [5, 5.41) is 4.32. The molecule has 3 rings (SSSR count). The normalized spacial score (nSPS) is 11.5. The lowest BCUT2D eigenvalue weighted by molar-refractivity contribution is 0.601. The Morgan fingerprint density at radius 3 is 2.68 bits per heavy atom. The summed E-state index contributed by atoms with van der Waals surface area (Å²) in [4.78, 5) is 4.41. The Labute approximate surface area is 129 Å². The highest BCUT2D eigenvalue weighted by Gasteiger charge is 2.08. The summed E-state index contributed by atoms with van der Waals surface area (Å²) in [6, 6.07) is 10.8.